The van der Waals surface area contributed by atoms with Gasteiger partial charge in [0.1, 0.15) is 5.75 Å². The summed E-state index contributed by atoms with van der Waals surface area (Å²) in [6.07, 6.45) is 1.43. The second kappa shape index (κ2) is 5.63. The van der Waals surface area contributed by atoms with Crippen LogP contribution in [0.2, 0.25) is 0 Å². The van der Waals surface area contributed by atoms with E-state index >= 15 is 0 Å². The molecule has 0 aromatic heterocycles. The minimum absolute atomic E-state index is 0.0406. The Morgan fingerprint density at radius 2 is 1.88 bits per heavy atom. The van der Waals surface area contributed by atoms with Crippen molar-refractivity contribution in [2.24, 2.45) is 5.41 Å². The van der Waals surface area contributed by atoms with Gasteiger partial charge >= 0.3 is 0 Å². The average molecular weight is 251 g/mol. The maximum absolute atomic E-state index is 11.4. The molecule has 16 heavy (non-hydrogen) atoms. The number of carbonyl (C=O) groups is 1. The van der Waals surface area contributed by atoms with Crippen molar-refractivity contribution in [2.75, 3.05) is 18.6 Å². The van der Waals surface area contributed by atoms with Gasteiger partial charge in [0.25, 0.3) is 0 Å². The van der Waals surface area contributed by atoms with Crippen LogP contribution in [0.25, 0.3) is 0 Å². The van der Waals surface area contributed by atoms with E-state index in [0.717, 1.165) is 6.26 Å². The van der Waals surface area contributed by atoms with Gasteiger partial charge in [-0.1, -0.05) is 20.8 Å². The molecule has 0 radical (unpaired) electrons. The van der Waals surface area contributed by atoms with Crippen molar-refractivity contribution in [1.29, 1.82) is 0 Å². The Labute approximate surface area is 97.2 Å². The summed E-state index contributed by atoms with van der Waals surface area (Å²) in [5, 5.41) is 11.5. The molecule has 96 valence electrons. The monoisotopic (exact) mass is 251 g/mol. The highest BCUT2D eigenvalue weighted by atomic mass is 32.2. The molecule has 2 N–H and O–H groups in total. The van der Waals surface area contributed by atoms with Crippen LogP contribution >= 0.6 is 0 Å². The molecule has 0 spiro atoms. The minimum Gasteiger partial charge on any atom is -0.396 e. The summed E-state index contributed by atoms with van der Waals surface area (Å²) < 4.78 is 21.8. The van der Waals surface area contributed by atoms with Gasteiger partial charge in [0.2, 0.25) is 5.91 Å². The highest BCUT2D eigenvalue weighted by Gasteiger charge is 2.26. The Kier molecular flexibility index (Phi) is 5.41. The maximum Gasteiger partial charge on any atom is 0.235 e. The zero-order chi connectivity index (χ0) is 13.0. The molecule has 6 heteroatoms. The van der Waals surface area contributed by atoms with Gasteiger partial charge in [-0.15, -0.1) is 0 Å². The van der Waals surface area contributed by atoms with Gasteiger partial charge in [0.15, 0.2) is 9.84 Å². The van der Waals surface area contributed by atoms with Crippen molar-refractivity contribution in [2.45, 2.75) is 33.2 Å². The molecule has 0 saturated heterocycles. The number of rotatable bonds is 5. The Bertz CT molecular complexity index is 329. The molecule has 0 aromatic rings. The normalized spacial score (nSPS) is 14.6. The molecular weight excluding hydrogens is 230 g/mol. The Balaban J connectivity index is 4.48. The van der Waals surface area contributed by atoms with Gasteiger partial charge in [-0.2, -0.15) is 0 Å². The van der Waals surface area contributed by atoms with E-state index in [1.165, 1.54) is 0 Å². The lowest BCUT2D eigenvalue weighted by atomic mass is 9.85. The van der Waals surface area contributed by atoms with E-state index in [2.05, 4.69) is 5.32 Å². The summed E-state index contributed by atoms with van der Waals surface area (Å²) in [5.41, 5.74) is -0.212. The zero-order valence-corrected chi connectivity index (χ0v) is 11.1. The molecule has 5 nitrogen and oxygen atoms in total. The van der Waals surface area contributed by atoms with Crippen LogP contribution in [0.4, 0.5) is 0 Å². The van der Waals surface area contributed by atoms with E-state index in [4.69, 9.17) is 5.11 Å². The molecule has 1 atom stereocenters. The molecule has 0 aromatic carbocycles. The highest BCUT2D eigenvalue weighted by molar-refractivity contribution is 7.91. The van der Waals surface area contributed by atoms with Crippen molar-refractivity contribution in [3.63, 3.8) is 0 Å². The predicted octanol–water partition coefficient (Wildman–Crippen LogP) is -0.0557. The largest absolute Gasteiger partial charge is 0.396 e. The van der Waals surface area contributed by atoms with E-state index in [0.29, 0.717) is 6.42 Å². The Morgan fingerprint density at radius 1 is 1.38 bits per heavy atom. The number of aliphatic hydroxyl groups is 1. The zero-order valence-electron chi connectivity index (χ0n) is 10.3. The standard InChI is InChI=1S/C10H21NO4S/c1-10(2,3)8(5-6-12)11-9(13)7-16(4,14)15/h8,12H,5-7H2,1-4H3,(H,11,13). The quantitative estimate of drug-likeness (QED) is 0.717. The number of hydrogen-bond acceptors (Lipinski definition) is 4. The number of hydrogen-bond donors (Lipinski definition) is 2. The lowest BCUT2D eigenvalue weighted by molar-refractivity contribution is -0.120. The second-order valence-corrected chi connectivity index (χ2v) is 7.21. The summed E-state index contributed by atoms with van der Waals surface area (Å²) in [6, 6.07) is -0.230. The molecule has 0 heterocycles. The van der Waals surface area contributed by atoms with Gasteiger partial charge in [-0.05, 0) is 11.8 Å². The smallest absolute Gasteiger partial charge is 0.235 e. The molecule has 0 rings (SSSR count). The van der Waals surface area contributed by atoms with Crippen LogP contribution in [-0.2, 0) is 14.6 Å². The fourth-order valence-electron chi connectivity index (χ4n) is 1.32. The van der Waals surface area contributed by atoms with Crippen molar-refractivity contribution in [1.82, 2.24) is 5.32 Å². The van der Waals surface area contributed by atoms with E-state index in [1.807, 2.05) is 20.8 Å². The molecule has 0 aliphatic rings. The van der Waals surface area contributed by atoms with Gasteiger partial charge < -0.3 is 10.4 Å². The van der Waals surface area contributed by atoms with Crippen molar-refractivity contribution >= 4 is 15.7 Å². The first-order valence-corrected chi connectivity index (χ1v) is 7.20. The SMILES string of the molecule is CC(C)(C)C(CCO)NC(=O)CS(C)(=O)=O. The van der Waals surface area contributed by atoms with Gasteiger partial charge in [-0.25, -0.2) is 8.42 Å². The molecule has 1 unspecified atom stereocenters. The van der Waals surface area contributed by atoms with Gasteiger partial charge in [-0.3, -0.25) is 4.79 Å². The number of sulfone groups is 1. The van der Waals surface area contributed by atoms with E-state index in [-0.39, 0.29) is 18.1 Å². The predicted molar refractivity (Wildman–Crippen MR) is 62.8 cm³/mol. The molecule has 1 amide bonds. The lowest BCUT2D eigenvalue weighted by Crippen LogP contribution is -2.46. The lowest BCUT2D eigenvalue weighted by Gasteiger charge is -2.31. The van der Waals surface area contributed by atoms with Crippen LogP contribution in [0, 0.1) is 5.41 Å². The second-order valence-electron chi connectivity index (χ2n) is 5.07. The molecule has 0 bridgehead atoms. The van der Waals surface area contributed by atoms with Crippen LogP contribution < -0.4 is 5.32 Å². The van der Waals surface area contributed by atoms with E-state index in [1.54, 1.807) is 0 Å². The van der Waals surface area contributed by atoms with Crippen molar-refractivity contribution in [3.05, 3.63) is 0 Å². The Morgan fingerprint density at radius 3 is 2.19 bits per heavy atom. The molecule has 0 aliphatic carbocycles. The topological polar surface area (TPSA) is 83.5 Å². The number of amides is 1. The van der Waals surface area contributed by atoms with E-state index in [9.17, 15) is 13.2 Å². The van der Waals surface area contributed by atoms with Crippen LogP contribution in [0.3, 0.4) is 0 Å². The van der Waals surface area contributed by atoms with Gasteiger partial charge in [0.05, 0.1) is 0 Å². The highest BCUT2D eigenvalue weighted by Crippen LogP contribution is 2.21. The first-order valence-electron chi connectivity index (χ1n) is 5.14. The maximum atomic E-state index is 11.4. The van der Waals surface area contributed by atoms with Crippen LogP contribution in [0.5, 0.6) is 0 Å². The minimum atomic E-state index is -3.30. The molecular formula is C10H21NO4S. The third-order valence-corrected chi connectivity index (χ3v) is 2.98. The fraction of sp³-hybridized carbons (Fsp3) is 0.900. The molecule has 0 saturated carbocycles. The average Bonchev–Trinajstić information content (AvgIpc) is 1.97. The molecule has 0 fully saturated rings. The van der Waals surface area contributed by atoms with Crippen LogP contribution in [-0.4, -0.2) is 44.1 Å². The summed E-state index contributed by atoms with van der Waals surface area (Å²) in [6.45, 7) is 5.73. The summed E-state index contributed by atoms with van der Waals surface area (Å²) >= 11 is 0. The van der Waals surface area contributed by atoms with E-state index < -0.39 is 21.5 Å². The van der Waals surface area contributed by atoms with Crippen LogP contribution in [0.1, 0.15) is 27.2 Å². The summed E-state index contributed by atoms with van der Waals surface area (Å²) in [5.74, 6) is -1.03. The molecule has 0 aliphatic heterocycles. The van der Waals surface area contributed by atoms with Crippen LogP contribution in [0.15, 0.2) is 0 Å². The number of aliphatic hydroxyl groups excluding tert-OH is 1. The first kappa shape index (κ1) is 15.4. The third-order valence-electron chi connectivity index (χ3n) is 2.19. The number of carbonyl (C=O) groups excluding carboxylic acids is 1. The van der Waals surface area contributed by atoms with Gasteiger partial charge in [0, 0.05) is 18.9 Å². The first-order chi connectivity index (χ1) is 7.06. The Hall–Kier alpha value is -0.620. The summed E-state index contributed by atoms with van der Waals surface area (Å²) in [4.78, 5) is 11.4. The summed E-state index contributed by atoms with van der Waals surface area (Å²) in [7, 11) is -3.30. The van der Waals surface area contributed by atoms with Crippen molar-refractivity contribution in [3.8, 4) is 0 Å². The fourth-order valence-corrected chi connectivity index (χ4v) is 1.88. The number of nitrogens with one attached hydrogen (secondary N) is 1. The van der Waals surface area contributed by atoms with Crippen molar-refractivity contribution < 1.29 is 18.3 Å². The third kappa shape index (κ3) is 6.79.